The maximum atomic E-state index is 12.0. The van der Waals surface area contributed by atoms with Gasteiger partial charge in [-0.15, -0.1) is 11.8 Å². The van der Waals surface area contributed by atoms with Crippen LogP contribution in [-0.4, -0.2) is 45.0 Å². The first-order valence-electron chi connectivity index (χ1n) is 12.8. The van der Waals surface area contributed by atoms with E-state index in [4.69, 9.17) is 19.7 Å². The third-order valence-electron chi connectivity index (χ3n) is 6.67. The summed E-state index contributed by atoms with van der Waals surface area (Å²) in [4.78, 5) is 34.8. The summed E-state index contributed by atoms with van der Waals surface area (Å²) in [6.07, 6.45) is -1.53. The molecule has 40 heavy (non-hydrogen) atoms. The van der Waals surface area contributed by atoms with E-state index in [0.717, 1.165) is 21.6 Å². The minimum absolute atomic E-state index is 0.0187. The van der Waals surface area contributed by atoms with Crippen molar-refractivity contribution in [2.75, 3.05) is 11.1 Å². The first kappa shape index (κ1) is 29.3. The van der Waals surface area contributed by atoms with Gasteiger partial charge in [-0.3, -0.25) is 9.59 Å². The van der Waals surface area contributed by atoms with Gasteiger partial charge in [0.15, 0.2) is 6.29 Å². The molecule has 1 aliphatic heterocycles. The molecule has 1 aliphatic rings. The zero-order valence-electron chi connectivity index (χ0n) is 21.9. The van der Waals surface area contributed by atoms with Crippen LogP contribution in [0.1, 0.15) is 59.2 Å². The lowest BCUT2D eigenvalue weighted by molar-refractivity contribution is -0.268. The Morgan fingerprint density at radius 1 is 0.850 bits per heavy atom. The summed E-state index contributed by atoms with van der Waals surface area (Å²) in [7, 11) is 0. The quantitative estimate of drug-likeness (QED) is 0.229. The number of carboxylic acid groups (broad SMARTS) is 2. The number of carbonyl (C=O) groups is 3. The van der Waals surface area contributed by atoms with Gasteiger partial charge in [-0.05, 0) is 47.5 Å². The van der Waals surface area contributed by atoms with Gasteiger partial charge in [0.25, 0.3) is 0 Å². The molecule has 1 amide bonds. The minimum Gasteiger partial charge on any atom is -0.481 e. The normalized spacial score (nSPS) is 20.6. The third kappa shape index (κ3) is 7.70. The molecule has 4 rings (SSSR count). The average molecular weight is 566 g/mol. The van der Waals surface area contributed by atoms with Crippen LogP contribution >= 0.6 is 11.8 Å². The molecule has 10 heteroatoms. The maximum Gasteiger partial charge on any atom is 0.335 e. The molecule has 3 aromatic rings. The number of carboxylic acids is 2. The Morgan fingerprint density at radius 3 is 2.10 bits per heavy atom. The summed E-state index contributed by atoms with van der Waals surface area (Å²) in [5.74, 6) is -1.79. The zero-order chi connectivity index (χ0) is 28.6. The zero-order valence-corrected chi connectivity index (χ0v) is 22.7. The van der Waals surface area contributed by atoms with Gasteiger partial charge < -0.3 is 30.1 Å². The molecule has 9 nitrogen and oxygen atoms in total. The van der Waals surface area contributed by atoms with Crippen molar-refractivity contribution in [1.82, 2.24) is 0 Å². The number of rotatable bonds is 11. The number of anilines is 1. The van der Waals surface area contributed by atoms with E-state index in [2.05, 4.69) is 12.2 Å². The molecule has 4 unspecified atom stereocenters. The molecule has 210 valence electrons. The van der Waals surface area contributed by atoms with Crippen molar-refractivity contribution >= 4 is 35.3 Å². The van der Waals surface area contributed by atoms with Crippen molar-refractivity contribution in [1.29, 1.82) is 0 Å². The molecule has 0 bridgehead atoms. The Bertz CT molecular complexity index is 1310. The van der Waals surface area contributed by atoms with Gasteiger partial charge in [-0.2, -0.15) is 0 Å². The van der Waals surface area contributed by atoms with Crippen molar-refractivity contribution in [3.63, 3.8) is 0 Å². The monoisotopic (exact) mass is 565 g/mol. The van der Waals surface area contributed by atoms with Gasteiger partial charge in [0, 0.05) is 34.2 Å². The van der Waals surface area contributed by atoms with E-state index >= 15 is 0 Å². The van der Waals surface area contributed by atoms with Crippen LogP contribution in [0.4, 0.5) is 5.69 Å². The van der Waals surface area contributed by atoms with E-state index in [1.807, 2.05) is 24.3 Å². The van der Waals surface area contributed by atoms with Crippen molar-refractivity contribution < 1.29 is 39.2 Å². The summed E-state index contributed by atoms with van der Waals surface area (Å²) >= 11 is 1.57. The van der Waals surface area contributed by atoms with Gasteiger partial charge in [-0.25, -0.2) is 4.79 Å². The highest BCUT2D eigenvalue weighted by Crippen LogP contribution is 2.43. The molecule has 0 aromatic heterocycles. The van der Waals surface area contributed by atoms with Gasteiger partial charge in [0.1, 0.15) is 0 Å². The lowest BCUT2D eigenvalue weighted by Gasteiger charge is -2.41. The predicted molar refractivity (Wildman–Crippen MR) is 149 cm³/mol. The first-order valence-corrected chi connectivity index (χ1v) is 13.8. The van der Waals surface area contributed by atoms with Crippen LogP contribution in [0, 0.1) is 5.92 Å². The molecule has 3 aromatic carbocycles. The van der Waals surface area contributed by atoms with Crippen LogP contribution in [-0.2, 0) is 25.7 Å². The number of hydrogen-bond donors (Lipinski definition) is 4. The fraction of sp³-hybridized carbons (Fsp3) is 0.300. The van der Waals surface area contributed by atoms with E-state index in [0.29, 0.717) is 11.4 Å². The molecule has 0 spiro atoms. The summed E-state index contributed by atoms with van der Waals surface area (Å²) < 4.78 is 12.9. The standard InChI is InChI=1S/C30H31NO8S/c1-18-25(17-40-24-12-8-21(9-13-24)29(36)37)38-30(39-28(18)20-4-2-19(16-32)3-5-20)22-6-10-23(11-7-22)31-26(33)14-15-27(34)35/h2-13,18,25,28,30,32H,14-17H2,1H3,(H,31,33)(H,34,35)(H,36,37). The number of benzene rings is 3. The fourth-order valence-corrected chi connectivity index (χ4v) is 5.42. The van der Waals surface area contributed by atoms with Crippen molar-refractivity contribution in [3.05, 3.63) is 95.1 Å². The number of ether oxygens (including phenoxy) is 2. The topological polar surface area (TPSA) is 142 Å². The second-order valence-corrected chi connectivity index (χ2v) is 10.6. The summed E-state index contributed by atoms with van der Waals surface area (Å²) in [6.45, 7) is 2.02. The lowest BCUT2D eigenvalue weighted by atomic mass is 9.91. The minimum atomic E-state index is -1.03. The number of amides is 1. The highest BCUT2D eigenvalue weighted by Gasteiger charge is 2.38. The van der Waals surface area contributed by atoms with E-state index in [1.165, 1.54) is 0 Å². The van der Waals surface area contributed by atoms with E-state index < -0.39 is 18.2 Å². The van der Waals surface area contributed by atoms with Crippen LogP contribution in [0.5, 0.6) is 0 Å². The Labute approximate surface area is 236 Å². The molecule has 0 aliphatic carbocycles. The number of thioether (sulfide) groups is 1. The highest BCUT2D eigenvalue weighted by molar-refractivity contribution is 7.99. The van der Waals surface area contributed by atoms with Crippen molar-refractivity contribution in [2.45, 2.75) is 49.8 Å². The number of hydrogen-bond acceptors (Lipinski definition) is 7. The van der Waals surface area contributed by atoms with E-state index in [-0.39, 0.29) is 49.0 Å². The third-order valence-corrected chi connectivity index (χ3v) is 7.77. The molecule has 0 saturated carbocycles. The Morgan fingerprint density at radius 2 is 1.50 bits per heavy atom. The summed E-state index contributed by atoms with van der Waals surface area (Å²) in [6, 6.07) is 21.4. The second kappa shape index (κ2) is 13.6. The number of aliphatic hydroxyl groups is 1. The van der Waals surface area contributed by atoms with E-state index in [9.17, 15) is 19.5 Å². The fourth-order valence-electron chi connectivity index (χ4n) is 4.35. The van der Waals surface area contributed by atoms with Gasteiger partial charge in [0.2, 0.25) is 5.91 Å². The summed E-state index contributed by atoms with van der Waals surface area (Å²) in [5, 5.41) is 30.1. The first-order chi connectivity index (χ1) is 19.2. The number of aliphatic carboxylic acids is 1. The Hall–Kier alpha value is -3.70. The Kier molecular flexibility index (Phi) is 9.94. The molecule has 1 fully saturated rings. The maximum absolute atomic E-state index is 12.0. The molecular weight excluding hydrogens is 534 g/mol. The Balaban J connectivity index is 1.50. The molecule has 1 heterocycles. The SMILES string of the molecule is CC1C(CSc2ccc(C(=O)O)cc2)OC(c2ccc(NC(=O)CCC(=O)O)cc2)OC1c1ccc(CO)cc1. The van der Waals surface area contributed by atoms with Crippen LogP contribution in [0.3, 0.4) is 0 Å². The lowest BCUT2D eigenvalue weighted by Crippen LogP contribution is -2.38. The van der Waals surface area contributed by atoms with Crippen molar-refractivity contribution in [3.8, 4) is 0 Å². The molecule has 0 radical (unpaired) electrons. The predicted octanol–water partition coefficient (Wildman–Crippen LogP) is 5.26. The number of aromatic carboxylic acids is 1. The smallest absolute Gasteiger partial charge is 0.335 e. The largest absolute Gasteiger partial charge is 0.481 e. The summed E-state index contributed by atoms with van der Waals surface area (Å²) in [5.41, 5.74) is 3.29. The molecule has 1 saturated heterocycles. The van der Waals surface area contributed by atoms with E-state index in [1.54, 1.807) is 60.3 Å². The number of aliphatic hydroxyl groups excluding tert-OH is 1. The van der Waals surface area contributed by atoms with Gasteiger partial charge >= 0.3 is 11.9 Å². The molecule has 4 atom stereocenters. The van der Waals surface area contributed by atoms with Crippen LogP contribution < -0.4 is 5.32 Å². The van der Waals surface area contributed by atoms with Crippen LogP contribution in [0.2, 0.25) is 0 Å². The average Bonchev–Trinajstić information content (AvgIpc) is 2.96. The second-order valence-electron chi connectivity index (χ2n) is 9.53. The van der Waals surface area contributed by atoms with Crippen LogP contribution in [0.25, 0.3) is 0 Å². The van der Waals surface area contributed by atoms with Crippen LogP contribution in [0.15, 0.2) is 77.7 Å². The number of nitrogens with one attached hydrogen (secondary N) is 1. The van der Waals surface area contributed by atoms with Gasteiger partial charge in [-0.1, -0.05) is 43.3 Å². The molecule has 4 N–H and O–H groups in total. The highest BCUT2D eigenvalue weighted by atomic mass is 32.2. The number of carbonyl (C=O) groups excluding carboxylic acids is 1. The van der Waals surface area contributed by atoms with Gasteiger partial charge in [0.05, 0.1) is 30.8 Å². The molecular formula is C30H31NO8S. The van der Waals surface area contributed by atoms with Crippen molar-refractivity contribution in [2.24, 2.45) is 5.92 Å².